The van der Waals surface area contributed by atoms with Crippen LogP contribution in [0.2, 0.25) is 0 Å². The van der Waals surface area contributed by atoms with E-state index in [0.29, 0.717) is 6.42 Å². The Morgan fingerprint density at radius 1 is 1.48 bits per heavy atom. The molecular formula is C15H28FI2N2OPS. The number of halogens is 3. The van der Waals surface area contributed by atoms with Gasteiger partial charge in [0.15, 0.2) is 5.72 Å². The fourth-order valence-corrected chi connectivity index (χ4v) is 6.39. The Morgan fingerprint density at radius 2 is 1.91 bits per heavy atom. The molecule has 0 aromatic carbocycles. The molecule has 0 radical (unpaired) electrons. The molecule has 1 fully saturated rings. The first kappa shape index (κ1) is 22.8. The second-order valence-corrected chi connectivity index (χ2v) is 12.3. The molecule has 6 unspecified atom stereocenters. The van der Waals surface area contributed by atoms with E-state index in [9.17, 15) is 5.11 Å². The predicted octanol–water partition coefficient (Wildman–Crippen LogP) is 4.23. The van der Waals surface area contributed by atoms with Crippen molar-refractivity contribution in [2.24, 2.45) is 5.73 Å². The summed E-state index contributed by atoms with van der Waals surface area (Å²) in [6.07, 6.45) is 0.652. The number of nitrogens with zero attached hydrogens (tertiary/aromatic N) is 1. The highest BCUT2D eigenvalue weighted by molar-refractivity contribution is 14.1. The molecule has 6 atom stereocenters. The SMILES string of the molecule is C/C(I)=C1\CC(C)(P)C(I)N(C(C)C)C(C)(F)C(N)(O)C1(C)S. The molecule has 0 aliphatic carbocycles. The number of thiol groups is 1. The van der Waals surface area contributed by atoms with E-state index in [1.807, 2.05) is 20.8 Å². The van der Waals surface area contributed by atoms with Gasteiger partial charge < -0.3 is 5.11 Å². The minimum absolute atomic E-state index is 0.128. The minimum atomic E-state index is -2.15. The Labute approximate surface area is 174 Å². The van der Waals surface area contributed by atoms with Crippen molar-refractivity contribution in [3.8, 4) is 0 Å². The van der Waals surface area contributed by atoms with Gasteiger partial charge in [0.2, 0.25) is 5.79 Å². The van der Waals surface area contributed by atoms with Gasteiger partial charge in [-0.3, -0.25) is 10.6 Å². The zero-order valence-electron chi connectivity index (χ0n) is 14.5. The van der Waals surface area contributed by atoms with Crippen LogP contribution in [0.3, 0.4) is 0 Å². The van der Waals surface area contributed by atoms with E-state index in [1.165, 1.54) is 6.92 Å². The van der Waals surface area contributed by atoms with Crippen LogP contribution in [0.5, 0.6) is 0 Å². The molecule has 23 heavy (non-hydrogen) atoms. The largest absolute Gasteiger partial charge is 0.370 e. The van der Waals surface area contributed by atoms with Crippen LogP contribution in [0, 0.1) is 0 Å². The molecule has 3 nitrogen and oxygen atoms in total. The second-order valence-electron chi connectivity index (χ2n) is 7.32. The fourth-order valence-electron chi connectivity index (χ4n) is 3.24. The summed E-state index contributed by atoms with van der Waals surface area (Å²) in [5, 5.41) is 10.8. The maximum Gasteiger partial charge on any atom is 0.206 e. The second kappa shape index (κ2) is 7.08. The normalized spacial score (nSPS) is 49.0. The Morgan fingerprint density at radius 3 is 2.26 bits per heavy atom. The van der Waals surface area contributed by atoms with Crippen LogP contribution >= 0.6 is 67.1 Å². The molecule has 3 N–H and O–H groups in total. The van der Waals surface area contributed by atoms with E-state index in [2.05, 4.69) is 74.0 Å². The minimum Gasteiger partial charge on any atom is -0.370 e. The van der Waals surface area contributed by atoms with Gasteiger partial charge in [0, 0.05) is 11.2 Å². The lowest BCUT2D eigenvalue weighted by molar-refractivity contribution is -0.202. The van der Waals surface area contributed by atoms with Crippen LogP contribution in [-0.4, -0.2) is 41.5 Å². The van der Waals surface area contributed by atoms with Crippen LogP contribution in [0.4, 0.5) is 4.39 Å². The lowest BCUT2D eigenvalue weighted by Gasteiger charge is -2.58. The average Bonchev–Trinajstić information content (AvgIpc) is 2.33. The lowest BCUT2D eigenvalue weighted by atomic mass is 9.76. The first-order valence-corrected chi connectivity index (χ1v) is 10.9. The molecule has 0 amide bonds. The maximum absolute atomic E-state index is 16.0. The summed E-state index contributed by atoms with van der Waals surface area (Å²) >= 11 is 9.12. The molecule has 1 aliphatic heterocycles. The van der Waals surface area contributed by atoms with Gasteiger partial charge in [0.05, 0.1) is 8.80 Å². The van der Waals surface area contributed by atoms with Crippen LogP contribution in [0.15, 0.2) is 9.15 Å². The molecule has 1 saturated heterocycles. The van der Waals surface area contributed by atoms with Crippen molar-refractivity contribution >= 4 is 67.1 Å². The molecule has 1 heterocycles. The summed E-state index contributed by atoms with van der Waals surface area (Å²) in [7, 11) is 2.87. The van der Waals surface area contributed by atoms with Crippen molar-refractivity contribution in [1.29, 1.82) is 0 Å². The van der Waals surface area contributed by atoms with E-state index >= 15 is 4.39 Å². The molecule has 136 valence electrons. The first-order valence-electron chi connectivity index (χ1n) is 7.51. The molecule has 0 aromatic rings. The predicted molar refractivity (Wildman–Crippen MR) is 120 cm³/mol. The van der Waals surface area contributed by atoms with Crippen molar-refractivity contribution in [3.63, 3.8) is 0 Å². The molecule has 8 heteroatoms. The van der Waals surface area contributed by atoms with Gasteiger partial charge in [0.1, 0.15) is 0 Å². The van der Waals surface area contributed by atoms with Crippen molar-refractivity contribution in [2.75, 3.05) is 0 Å². The molecular weight excluding hydrogens is 560 g/mol. The highest BCUT2D eigenvalue weighted by atomic mass is 127. The van der Waals surface area contributed by atoms with Gasteiger partial charge >= 0.3 is 0 Å². The third-order valence-electron chi connectivity index (χ3n) is 4.83. The zero-order chi connectivity index (χ0) is 18.6. The van der Waals surface area contributed by atoms with E-state index in [-0.39, 0.29) is 15.2 Å². The van der Waals surface area contributed by atoms with Crippen LogP contribution in [0.1, 0.15) is 48.0 Å². The Hall–Kier alpha value is 1.79. The number of aliphatic hydroxyl groups is 1. The van der Waals surface area contributed by atoms with Gasteiger partial charge in [-0.05, 0) is 72.8 Å². The van der Waals surface area contributed by atoms with Gasteiger partial charge in [-0.2, -0.15) is 12.6 Å². The van der Waals surface area contributed by atoms with Crippen LogP contribution in [-0.2, 0) is 0 Å². The van der Waals surface area contributed by atoms with E-state index < -0.39 is 16.3 Å². The number of hydrogen-bond acceptors (Lipinski definition) is 4. The third-order valence-corrected chi connectivity index (χ3v) is 9.31. The highest BCUT2D eigenvalue weighted by Gasteiger charge is 2.64. The van der Waals surface area contributed by atoms with Crippen LogP contribution < -0.4 is 5.73 Å². The van der Waals surface area contributed by atoms with E-state index in [1.54, 1.807) is 11.8 Å². The summed E-state index contributed by atoms with van der Waals surface area (Å²) in [6.45, 7) is 10.9. The van der Waals surface area contributed by atoms with Gasteiger partial charge in [-0.1, -0.05) is 29.5 Å². The van der Waals surface area contributed by atoms with Crippen molar-refractivity contribution < 1.29 is 9.50 Å². The van der Waals surface area contributed by atoms with Crippen molar-refractivity contribution in [3.05, 3.63) is 9.15 Å². The first-order chi connectivity index (χ1) is 10.0. The fraction of sp³-hybridized carbons (Fsp3) is 0.867. The molecule has 1 rings (SSSR count). The molecule has 0 aromatic heterocycles. The topological polar surface area (TPSA) is 49.5 Å². The van der Waals surface area contributed by atoms with Gasteiger partial charge in [-0.15, -0.1) is 9.24 Å². The number of nitrogens with two attached hydrogens (primary N) is 1. The van der Waals surface area contributed by atoms with Crippen molar-refractivity contribution in [1.82, 2.24) is 4.90 Å². The monoisotopic (exact) mass is 588 g/mol. The highest BCUT2D eigenvalue weighted by Crippen LogP contribution is 2.53. The molecule has 0 bridgehead atoms. The number of allylic oxidation sites excluding steroid dienone is 1. The van der Waals surface area contributed by atoms with E-state index in [4.69, 9.17) is 5.73 Å². The Kier molecular flexibility index (Phi) is 7.02. The molecule has 0 saturated carbocycles. The van der Waals surface area contributed by atoms with Gasteiger partial charge in [0.25, 0.3) is 0 Å². The number of likely N-dealkylation sites (tertiary alicyclic amines) is 1. The Bertz CT molecular complexity index is 506. The standard InChI is InChI=1S/C15H28FI2N2OPS/c1-8(2)20-11(18)12(4,22)7-10(9(3)17)13(5,23)15(19,21)14(20,6)16/h8,11,21,23H,7,19,22H2,1-6H3/b10-9-. The molecule has 0 spiro atoms. The lowest BCUT2D eigenvalue weighted by Crippen LogP contribution is -2.77. The van der Waals surface area contributed by atoms with Gasteiger partial charge in [-0.25, -0.2) is 4.39 Å². The third kappa shape index (κ3) is 3.76. The summed E-state index contributed by atoms with van der Waals surface area (Å²) in [5.41, 5.74) is 4.94. The molecule has 1 aliphatic rings. The average molecular weight is 588 g/mol. The van der Waals surface area contributed by atoms with Crippen LogP contribution in [0.25, 0.3) is 0 Å². The summed E-state index contributed by atoms with van der Waals surface area (Å²) in [6, 6.07) is -0.128. The summed E-state index contributed by atoms with van der Waals surface area (Å²) in [5.74, 6) is -2.15. The smallest absolute Gasteiger partial charge is 0.206 e. The maximum atomic E-state index is 16.0. The quantitative estimate of drug-likeness (QED) is 0.108. The zero-order valence-corrected chi connectivity index (χ0v) is 20.9. The van der Waals surface area contributed by atoms with Crippen molar-refractivity contribution in [2.45, 2.75) is 79.5 Å². The number of hydrogen-bond donors (Lipinski definition) is 3. The number of rotatable bonds is 1. The number of alkyl halides is 2. The Balaban J connectivity index is 3.75. The summed E-state index contributed by atoms with van der Waals surface area (Å²) in [4.78, 5) is 1.66. The summed E-state index contributed by atoms with van der Waals surface area (Å²) < 4.78 is 15.6. The van der Waals surface area contributed by atoms with E-state index in [0.717, 1.165) is 9.15 Å².